The number of carbonyl (C=O) groups excluding carboxylic acids is 1. The smallest absolute Gasteiger partial charge is 0.165 e. The quantitative estimate of drug-likeness (QED) is 0.571. The summed E-state index contributed by atoms with van der Waals surface area (Å²) in [5, 5.41) is 29.9. The van der Waals surface area contributed by atoms with Crippen molar-refractivity contribution in [3.63, 3.8) is 0 Å². The van der Waals surface area contributed by atoms with E-state index in [1.54, 1.807) is 24.3 Å². The van der Waals surface area contributed by atoms with Crippen LogP contribution in [-0.4, -0.2) is 35.3 Å². The van der Waals surface area contributed by atoms with Crippen LogP contribution in [0.5, 0.6) is 23.0 Å². The fourth-order valence-corrected chi connectivity index (χ4v) is 3.05. The summed E-state index contributed by atoms with van der Waals surface area (Å²) in [7, 11) is 1.45. The van der Waals surface area contributed by atoms with Crippen molar-refractivity contribution in [1.29, 1.82) is 0 Å². The van der Waals surface area contributed by atoms with E-state index in [0.29, 0.717) is 34.5 Å². The van der Waals surface area contributed by atoms with Crippen LogP contribution in [0.2, 0.25) is 0 Å². The molecule has 2 aromatic rings. The Balaban J connectivity index is 2.03. The van der Waals surface area contributed by atoms with E-state index in [0.717, 1.165) is 0 Å². The molecule has 25 heavy (non-hydrogen) atoms. The van der Waals surface area contributed by atoms with E-state index in [4.69, 9.17) is 9.47 Å². The number of aliphatic hydroxyl groups is 1. The summed E-state index contributed by atoms with van der Waals surface area (Å²) in [6.07, 6.45) is 3.01. The van der Waals surface area contributed by atoms with Crippen LogP contribution in [0.4, 0.5) is 0 Å². The second-order valence-electron chi connectivity index (χ2n) is 5.71. The minimum Gasteiger partial charge on any atom is -0.504 e. The molecule has 3 N–H and O–H groups in total. The molecule has 2 aromatic carbocycles. The number of rotatable bonds is 5. The van der Waals surface area contributed by atoms with Gasteiger partial charge in [0.1, 0.15) is 12.4 Å². The summed E-state index contributed by atoms with van der Waals surface area (Å²) in [4.78, 5) is 10.5. The molecule has 6 nitrogen and oxygen atoms in total. The molecule has 1 aliphatic heterocycles. The molecule has 130 valence electrons. The fraction of sp³-hybridized carbons (Fsp3) is 0.211. The molecule has 0 aliphatic carbocycles. The minimum absolute atomic E-state index is 0.00597. The average molecular weight is 342 g/mol. The van der Waals surface area contributed by atoms with Crippen molar-refractivity contribution in [3.05, 3.63) is 53.1 Å². The van der Waals surface area contributed by atoms with Gasteiger partial charge in [0.2, 0.25) is 0 Å². The predicted molar refractivity (Wildman–Crippen MR) is 91.1 cm³/mol. The number of allylic oxidation sites excluding steroid dienone is 1. The third kappa shape index (κ3) is 3.04. The lowest BCUT2D eigenvalue weighted by Crippen LogP contribution is -2.13. The lowest BCUT2D eigenvalue weighted by molar-refractivity contribution is -0.104. The zero-order valence-electron chi connectivity index (χ0n) is 13.5. The Morgan fingerprint density at radius 2 is 2.00 bits per heavy atom. The highest BCUT2D eigenvalue weighted by Gasteiger charge is 2.37. The van der Waals surface area contributed by atoms with Crippen LogP contribution in [0.25, 0.3) is 6.08 Å². The number of phenols is 2. The number of phenolic OH excluding ortho intramolecular Hbond substituents is 2. The van der Waals surface area contributed by atoms with E-state index in [9.17, 15) is 20.1 Å². The zero-order valence-corrected chi connectivity index (χ0v) is 13.5. The summed E-state index contributed by atoms with van der Waals surface area (Å²) in [6, 6.07) is 8.08. The fourth-order valence-electron chi connectivity index (χ4n) is 3.05. The molecule has 1 aliphatic rings. The molecule has 3 rings (SSSR count). The molecule has 0 aromatic heterocycles. The molecule has 0 spiro atoms. The standard InChI is InChI=1S/C19H18O6/c1-24-17-9-12(4-5-15(17)22)18-14(10-21)13-7-11(3-2-6-20)8-16(23)19(13)25-18/h2-9,14,18,21-23H,10H2,1H3/b3-2+/t14-,18+/m0/s1. The maximum atomic E-state index is 10.5. The number of ether oxygens (including phenoxy) is 2. The summed E-state index contributed by atoms with van der Waals surface area (Å²) < 4.78 is 11.0. The van der Waals surface area contributed by atoms with Gasteiger partial charge < -0.3 is 24.8 Å². The van der Waals surface area contributed by atoms with E-state index >= 15 is 0 Å². The topological polar surface area (TPSA) is 96.2 Å². The number of methoxy groups -OCH3 is 1. The first-order valence-corrected chi connectivity index (χ1v) is 7.72. The Morgan fingerprint density at radius 3 is 2.68 bits per heavy atom. The lowest BCUT2D eigenvalue weighted by atomic mass is 9.90. The average Bonchev–Trinajstić information content (AvgIpc) is 2.99. The number of aromatic hydroxyl groups is 2. The van der Waals surface area contributed by atoms with Gasteiger partial charge in [-0.1, -0.05) is 12.1 Å². The van der Waals surface area contributed by atoms with E-state index in [1.165, 1.54) is 25.3 Å². The number of aliphatic hydroxyl groups excluding tert-OH is 1. The second kappa shape index (κ2) is 6.86. The van der Waals surface area contributed by atoms with Crippen LogP contribution in [-0.2, 0) is 4.79 Å². The van der Waals surface area contributed by atoms with Crippen molar-refractivity contribution in [2.45, 2.75) is 12.0 Å². The molecular formula is C19H18O6. The highest BCUT2D eigenvalue weighted by atomic mass is 16.5. The van der Waals surface area contributed by atoms with Gasteiger partial charge in [0.05, 0.1) is 19.6 Å². The normalized spacial score (nSPS) is 18.8. The number of fused-ring (bicyclic) bond motifs is 1. The van der Waals surface area contributed by atoms with Crippen molar-refractivity contribution in [2.75, 3.05) is 13.7 Å². The van der Waals surface area contributed by atoms with E-state index in [2.05, 4.69) is 0 Å². The number of hydrogen-bond donors (Lipinski definition) is 3. The molecule has 0 saturated carbocycles. The van der Waals surface area contributed by atoms with Gasteiger partial charge in [0, 0.05) is 5.56 Å². The van der Waals surface area contributed by atoms with Gasteiger partial charge in [0.25, 0.3) is 0 Å². The first kappa shape index (κ1) is 16.9. The van der Waals surface area contributed by atoms with Gasteiger partial charge in [-0.15, -0.1) is 0 Å². The molecule has 1 heterocycles. The van der Waals surface area contributed by atoms with Crippen LogP contribution < -0.4 is 9.47 Å². The Bertz CT molecular complexity index is 827. The van der Waals surface area contributed by atoms with Gasteiger partial charge in [-0.3, -0.25) is 4.79 Å². The number of carbonyl (C=O) groups is 1. The molecule has 0 bridgehead atoms. The summed E-state index contributed by atoms with van der Waals surface area (Å²) in [5.41, 5.74) is 1.99. The van der Waals surface area contributed by atoms with Gasteiger partial charge in [0.15, 0.2) is 23.0 Å². The summed E-state index contributed by atoms with van der Waals surface area (Å²) >= 11 is 0. The van der Waals surface area contributed by atoms with Crippen molar-refractivity contribution in [1.82, 2.24) is 0 Å². The molecule has 0 radical (unpaired) electrons. The van der Waals surface area contributed by atoms with Gasteiger partial charge in [-0.05, 0) is 41.5 Å². The van der Waals surface area contributed by atoms with Gasteiger partial charge in [-0.2, -0.15) is 0 Å². The Hall–Kier alpha value is -2.99. The summed E-state index contributed by atoms with van der Waals surface area (Å²) in [6.45, 7) is -0.193. The van der Waals surface area contributed by atoms with Crippen LogP contribution in [0.1, 0.15) is 28.7 Å². The zero-order chi connectivity index (χ0) is 18.0. The highest BCUT2D eigenvalue weighted by Crippen LogP contribution is 2.51. The van der Waals surface area contributed by atoms with Crippen LogP contribution in [0.15, 0.2) is 36.4 Å². The molecule has 0 unspecified atom stereocenters. The molecule has 6 heteroatoms. The third-order valence-electron chi connectivity index (χ3n) is 4.23. The second-order valence-corrected chi connectivity index (χ2v) is 5.71. The van der Waals surface area contributed by atoms with E-state index < -0.39 is 12.0 Å². The van der Waals surface area contributed by atoms with E-state index in [1.807, 2.05) is 0 Å². The van der Waals surface area contributed by atoms with Gasteiger partial charge >= 0.3 is 0 Å². The van der Waals surface area contributed by atoms with Crippen molar-refractivity contribution < 1.29 is 29.6 Å². The molecule has 0 fully saturated rings. The first-order chi connectivity index (χ1) is 12.1. The molecule has 2 atom stereocenters. The maximum absolute atomic E-state index is 10.5. The Morgan fingerprint density at radius 1 is 1.20 bits per heavy atom. The highest BCUT2D eigenvalue weighted by molar-refractivity contribution is 5.75. The van der Waals surface area contributed by atoms with Crippen LogP contribution >= 0.6 is 0 Å². The van der Waals surface area contributed by atoms with Crippen LogP contribution in [0, 0.1) is 0 Å². The molecule has 0 amide bonds. The van der Waals surface area contributed by atoms with E-state index in [-0.39, 0.29) is 18.1 Å². The van der Waals surface area contributed by atoms with Crippen LogP contribution in [0.3, 0.4) is 0 Å². The van der Waals surface area contributed by atoms with Crippen molar-refractivity contribution in [2.24, 2.45) is 0 Å². The predicted octanol–water partition coefficient (Wildman–Crippen LogP) is 2.53. The first-order valence-electron chi connectivity index (χ1n) is 7.72. The number of benzene rings is 2. The third-order valence-corrected chi connectivity index (χ3v) is 4.23. The van der Waals surface area contributed by atoms with Crippen molar-refractivity contribution in [3.8, 4) is 23.0 Å². The maximum Gasteiger partial charge on any atom is 0.165 e. The minimum atomic E-state index is -0.536. The molecule has 0 saturated heterocycles. The summed E-state index contributed by atoms with van der Waals surface area (Å²) in [5.74, 6) is 0.146. The molecular weight excluding hydrogens is 324 g/mol. The Kier molecular flexibility index (Phi) is 4.63. The monoisotopic (exact) mass is 342 g/mol. The SMILES string of the molecule is COc1cc([C@H]2Oc3c(O)cc(/C=C/C=O)cc3[C@@H]2CO)ccc1O. The Labute approximate surface area is 144 Å². The largest absolute Gasteiger partial charge is 0.504 e. The van der Waals surface area contributed by atoms with Gasteiger partial charge in [-0.25, -0.2) is 0 Å². The number of hydrogen-bond acceptors (Lipinski definition) is 6. The lowest BCUT2D eigenvalue weighted by Gasteiger charge is -2.18. The van der Waals surface area contributed by atoms with Crippen molar-refractivity contribution >= 4 is 12.4 Å². The number of aldehydes is 1.